The van der Waals surface area contributed by atoms with Gasteiger partial charge in [0.25, 0.3) is 0 Å². The lowest BCUT2D eigenvalue weighted by molar-refractivity contribution is -0.111. The second kappa shape index (κ2) is 8.57. The summed E-state index contributed by atoms with van der Waals surface area (Å²) in [7, 11) is 1.69. The molecular formula is C19H21N3O4. The fourth-order valence-corrected chi connectivity index (χ4v) is 2.04. The monoisotopic (exact) mass is 355 g/mol. The van der Waals surface area contributed by atoms with Crippen molar-refractivity contribution in [2.45, 2.75) is 6.92 Å². The van der Waals surface area contributed by atoms with E-state index in [1.807, 2.05) is 6.92 Å². The van der Waals surface area contributed by atoms with Crippen LogP contribution in [0, 0.1) is 0 Å². The molecule has 26 heavy (non-hydrogen) atoms. The van der Waals surface area contributed by atoms with Crippen LogP contribution in [0.4, 0.5) is 16.2 Å². The molecule has 4 N–H and O–H groups in total. The van der Waals surface area contributed by atoms with Gasteiger partial charge in [0.1, 0.15) is 0 Å². The Hall–Kier alpha value is -3.48. The van der Waals surface area contributed by atoms with Crippen LogP contribution in [-0.4, -0.2) is 40.6 Å². The number of urea groups is 1. The van der Waals surface area contributed by atoms with Gasteiger partial charge in [-0.15, -0.1) is 0 Å². The molecule has 0 spiro atoms. The Morgan fingerprint density at radius 2 is 1.73 bits per heavy atom. The van der Waals surface area contributed by atoms with E-state index in [2.05, 4.69) is 10.6 Å². The highest BCUT2D eigenvalue weighted by molar-refractivity contribution is 6.02. The Morgan fingerprint density at radius 3 is 2.38 bits per heavy atom. The Bertz CT molecular complexity index is 833. The molecule has 0 atom stereocenters. The third-order valence-electron chi connectivity index (χ3n) is 3.63. The van der Waals surface area contributed by atoms with Crippen LogP contribution in [0.25, 0.3) is 6.08 Å². The van der Waals surface area contributed by atoms with Gasteiger partial charge in [-0.2, -0.15) is 0 Å². The number of aromatic hydroxyl groups is 2. The summed E-state index contributed by atoms with van der Waals surface area (Å²) in [4.78, 5) is 25.4. The molecular weight excluding hydrogens is 334 g/mol. The molecule has 0 aromatic heterocycles. The molecule has 2 rings (SSSR count). The van der Waals surface area contributed by atoms with E-state index in [1.54, 1.807) is 37.4 Å². The lowest BCUT2D eigenvalue weighted by Gasteiger charge is -2.15. The third kappa shape index (κ3) is 5.27. The second-order valence-electron chi connectivity index (χ2n) is 5.60. The van der Waals surface area contributed by atoms with Gasteiger partial charge in [0.05, 0.1) is 0 Å². The van der Waals surface area contributed by atoms with Gasteiger partial charge in [-0.25, -0.2) is 4.79 Å². The number of hydrogen-bond acceptors (Lipinski definition) is 4. The molecule has 0 unspecified atom stereocenters. The zero-order valence-corrected chi connectivity index (χ0v) is 14.6. The number of nitrogens with zero attached hydrogens (tertiary/aromatic N) is 1. The first-order chi connectivity index (χ1) is 12.4. The predicted octanol–water partition coefficient (Wildman–Crippen LogP) is 3.23. The molecule has 2 aromatic rings. The molecule has 0 saturated heterocycles. The molecule has 0 aliphatic rings. The van der Waals surface area contributed by atoms with Gasteiger partial charge >= 0.3 is 6.03 Å². The molecule has 0 bridgehead atoms. The van der Waals surface area contributed by atoms with Crippen molar-refractivity contribution in [2.75, 3.05) is 24.2 Å². The van der Waals surface area contributed by atoms with E-state index in [9.17, 15) is 19.8 Å². The quantitative estimate of drug-likeness (QED) is 0.488. The van der Waals surface area contributed by atoms with Crippen molar-refractivity contribution in [3.8, 4) is 11.5 Å². The van der Waals surface area contributed by atoms with E-state index in [0.717, 1.165) is 0 Å². The van der Waals surface area contributed by atoms with Crippen molar-refractivity contribution in [3.63, 3.8) is 0 Å². The smallest absolute Gasteiger partial charge is 0.321 e. The largest absolute Gasteiger partial charge is 0.504 e. The minimum atomic E-state index is -0.369. The lowest BCUT2D eigenvalue weighted by atomic mass is 10.2. The fraction of sp³-hybridized carbons (Fsp3) is 0.158. The number of rotatable bonds is 5. The van der Waals surface area contributed by atoms with Crippen molar-refractivity contribution < 1.29 is 19.8 Å². The van der Waals surface area contributed by atoms with Crippen molar-refractivity contribution in [1.82, 2.24) is 4.90 Å². The van der Waals surface area contributed by atoms with Gasteiger partial charge in [-0.3, -0.25) is 4.79 Å². The van der Waals surface area contributed by atoms with Gasteiger partial charge in [0.15, 0.2) is 11.5 Å². The maximum absolute atomic E-state index is 12.0. The zero-order chi connectivity index (χ0) is 19.1. The molecule has 0 aliphatic carbocycles. The second-order valence-corrected chi connectivity index (χ2v) is 5.60. The summed E-state index contributed by atoms with van der Waals surface area (Å²) < 4.78 is 0. The highest BCUT2D eigenvalue weighted by Crippen LogP contribution is 2.25. The fourth-order valence-electron chi connectivity index (χ4n) is 2.04. The van der Waals surface area contributed by atoms with E-state index >= 15 is 0 Å². The maximum Gasteiger partial charge on any atom is 0.321 e. The van der Waals surface area contributed by atoms with Crippen molar-refractivity contribution in [1.29, 1.82) is 0 Å². The number of phenolic OH excluding ortho intramolecular Hbond substituents is 2. The van der Waals surface area contributed by atoms with Crippen molar-refractivity contribution in [3.05, 3.63) is 54.1 Å². The van der Waals surface area contributed by atoms with E-state index < -0.39 is 0 Å². The van der Waals surface area contributed by atoms with Gasteiger partial charge < -0.3 is 25.7 Å². The van der Waals surface area contributed by atoms with Gasteiger partial charge in [-0.05, 0) is 48.9 Å². The zero-order valence-electron chi connectivity index (χ0n) is 14.6. The van der Waals surface area contributed by atoms with E-state index in [-0.39, 0.29) is 23.4 Å². The van der Waals surface area contributed by atoms with Crippen LogP contribution in [0.1, 0.15) is 12.5 Å². The Morgan fingerprint density at radius 1 is 1.04 bits per heavy atom. The Kier molecular flexibility index (Phi) is 6.21. The number of carbonyl (C=O) groups excluding carboxylic acids is 2. The van der Waals surface area contributed by atoms with Crippen LogP contribution in [0.15, 0.2) is 48.5 Å². The third-order valence-corrected chi connectivity index (χ3v) is 3.63. The molecule has 0 fully saturated rings. The molecule has 2 aromatic carbocycles. The van der Waals surface area contributed by atoms with Gasteiger partial charge in [-0.1, -0.05) is 12.1 Å². The summed E-state index contributed by atoms with van der Waals surface area (Å²) in [6.45, 7) is 2.45. The predicted molar refractivity (Wildman–Crippen MR) is 101 cm³/mol. The van der Waals surface area contributed by atoms with E-state index in [0.29, 0.717) is 23.5 Å². The first kappa shape index (κ1) is 18.9. The van der Waals surface area contributed by atoms with Crippen LogP contribution in [0.5, 0.6) is 11.5 Å². The lowest BCUT2D eigenvalue weighted by Crippen LogP contribution is -2.30. The molecule has 0 radical (unpaired) electrons. The number of anilines is 2. The average molecular weight is 355 g/mol. The van der Waals surface area contributed by atoms with Crippen molar-refractivity contribution >= 4 is 29.4 Å². The number of hydrogen-bond donors (Lipinski definition) is 4. The molecule has 0 saturated carbocycles. The molecule has 7 nitrogen and oxygen atoms in total. The Balaban J connectivity index is 2.00. The Labute approximate surface area is 151 Å². The first-order valence-electron chi connectivity index (χ1n) is 8.02. The first-order valence-corrected chi connectivity index (χ1v) is 8.02. The summed E-state index contributed by atoms with van der Waals surface area (Å²) in [5, 5.41) is 24.1. The summed E-state index contributed by atoms with van der Waals surface area (Å²) >= 11 is 0. The van der Waals surface area contributed by atoms with Crippen LogP contribution in [-0.2, 0) is 4.79 Å². The normalized spacial score (nSPS) is 10.5. The van der Waals surface area contributed by atoms with Crippen molar-refractivity contribution in [2.24, 2.45) is 0 Å². The summed E-state index contributed by atoms with van der Waals surface area (Å²) in [6, 6.07) is 10.8. The maximum atomic E-state index is 12.0. The SMILES string of the molecule is CCN(C)C(=O)Nc1cccc(NC(=O)/C=C/c2ccc(O)c(O)c2)c1. The summed E-state index contributed by atoms with van der Waals surface area (Å²) in [5.41, 5.74) is 1.67. The van der Waals surface area contributed by atoms with E-state index in [1.165, 1.54) is 29.2 Å². The van der Waals surface area contributed by atoms with Crippen LogP contribution >= 0.6 is 0 Å². The summed E-state index contributed by atoms with van der Waals surface area (Å²) in [6.07, 6.45) is 2.82. The number of amides is 3. The highest BCUT2D eigenvalue weighted by atomic mass is 16.3. The minimum absolute atomic E-state index is 0.223. The molecule has 3 amide bonds. The number of nitrogens with one attached hydrogen (secondary N) is 2. The average Bonchev–Trinajstić information content (AvgIpc) is 2.62. The van der Waals surface area contributed by atoms with E-state index in [4.69, 9.17) is 0 Å². The van der Waals surface area contributed by atoms with Crippen LogP contribution < -0.4 is 10.6 Å². The number of benzene rings is 2. The molecule has 7 heteroatoms. The summed E-state index contributed by atoms with van der Waals surface area (Å²) in [5.74, 6) is -0.848. The highest BCUT2D eigenvalue weighted by Gasteiger charge is 2.07. The molecule has 0 aliphatic heterocycles. The van der Waals surface area contributed by atoms with Gasteiger partial charge in [0, 0.05) is 31.0 Å². The minimum Gasteiger partial charge on any atom is -0.504 e. The topological polar surface area (TPSA) is 102 Å². The van der Waals surface area contributed by atoms with Crippen LogP contribution in [0.2, 0.25) is 0 Å². The number of phenols is 2. The standard InChI is InChI=1S/C19H21N3O4/c1-3-22(2)19(26)21-15-6-4-5-14(12-15)20-18(25)10-8-13-7-9-16(23)17(24)11-13/h4-12,23-24H,3H2,1-2H3,(H,20,25)(H,21,26)/b10-8+. The van der Waals surface area contributed by atoms with Gasteiger partial charge in [0.2, 0.25) is 5.91 Å². The molecule has 136 valence electrons. The molecule has 0 heterocycles. The number of carbonyl (C=O) groups is 2. The van der Waals surface area contributed by atoms with Crippen LogP contribution in [0.3, 0.4) is 0 Å².